The summed E-state index contributed by atoms with van der Waals surface area (Å²) in [4.78, 5) is 0. The maximum Gasteiger partial charge on any atom is 0.0238 e. The molecule has 0 radical (unpaired) electrons. The Balaban J connectivity index is 3.03. The molecule has 0 aliphatic carbocycles. The van der Waals surface area contributed by atoms with Gasteiger partial charge in [0.05, 0.1) is 0 Å². The van der Waals surface area contributed by atoms with E-state index in [0.29, 0.717) is 0 Å². The number of terminal acetylenes is 1. The van der Waals surface area contributed by atoms with Crippen LogP contribution in [0.25, 0.3) is 0 Å². The van der Waals surface area contributed by atoms with Crippen molar-refractivity contribution in [2.75, 3.05) is 0 Å². The van der Waals surface area contributed by atoms with Crippen LogP contribution < -0.4 is 5.73 Å². The molecule has 0 heterocycles. The lowest BCUT2D eigenvalue weighted by atomic mass is 10.0. The van der Waals surface area contributed by atoms with Crippen molar-refractivity contribution in [1.29, 1.82) is 0 Å². The fourth-order valence-electron chi connectivity index (χ4n) is 1.44. The maximum absolute atomic E-state index is 5.78. The van der Waals surface area contributed by atoms with Crippen LogP contribution in [0.1, 0.15) is 58.3 Å². The second-order valence-electron chi connectivity index (χ2n) is 3.72. The lowest BCUT2D eigenvalue weighted by molar-refractivity contribution is 0.540. The van der Waals surface area contributed by atoms with Crippen molar-refractivity contribution in [3.63, 3.8) is 0 Å². The molecule has 0 aromatic rings. The van der Waals surface area contributed by atoms with Gasteiger partial charge in [-0.05, 0) is 6.42 Å². The Labute approximate surface area is 83.1 Å². The molecule has 1 atom stereocenters. The summed E-state index contributed by atoms with van der Waals surface area (Å²) in [5.74, 6) is 2.60. The molecule has 1 heteroatoms. The van der Waals surface area contributed by atoms with Gasteiger partial charge in [-0.2, -0.15) is 0 Å². The van der Waals surface area contributed by atoms with Gasteiger partial charge in [0.25, 0.3) is 0 Å². The number of rotatable bonds is 8. The average molecular weight is 181 g/mol. The minimum atomic E-state index is 0.233. The second kappa shape index (κ2) is 9.61. The first-order valence-electron chi connectivity index (χ1n) is 5.50. The molecule has 0 aliphatic rings. The number of unbranched alkanes of at least 4 members (excludes halogenated alkanes) is 5. The molecule has 2 N–H and O–H groups in total. The summed E-state index contributed by atoms with van der Waals surface area (Å²) in [5.41, 5.74) is 5.78. The first kappa shape index (κ1) is 12.5. The number of nitrogens with two attached hydrogens (primary N) is 1. The Kier molecular flexibility index (Phi) is 9.25. The molecule has 13 heavy (non-hydrogen) atoms. The van der Waals surface area contributed by atoms with E-state index in [0.717, 1.165) is 12.8 Å². The zero-order valence-corrected chi connectivity index (χ0v) is 8.89. The fourth-order valence-corrected chi connectivity index (χ4v) is 1.44. The van der Waals surface area contributed by atoms with Gasteiger partial charge in [0, 0.05) is 12.5 Å². The molecule has 0 saturated carbocycles. The highest BCUT2D eigenvalue weighted by Crippen LogP contribution is 2.08. The monoisotopic (exact) mass is 181 g/mol. The SMILES string of the molecule is C#CCC(N)CCCCCCCC. The summed E-state index contributed by atoms with van der Waals surface area (Å²) in [6.45, 7) is 2.24. The van der Waals surface area contributed by atoms with E-state index in [1.165, 1.54) is 38.5 Å². The quantitative estimate of drug-likeness (QED) is 0.452. The summed E-state index contributed by atoms with van der Waals surface area (Å²) in [6.07, 6.45) is 15.0. The summed E-state index contributed by atoms with van der Waals surface area (Å²) < 4.78 is 0. The Bertz CT molecular complexity index is 135. The fraction of sp³-hybridized carbons (Fsp3) is 0.833. The van der Waals surface area contributed by atoms with E-state index < -0.39 is 0 Å². The van der Waals surface area contributed by atoms with Gasteiger partial charge in [0.2, 0.25) is 0 Å². The summed E-state index contributed by atoms with van der Waals surface area (Å²) in [5, 5.41) is 0. The molecule has 0 aromatic carbocycles. The van der Waals surface area contributed by atoms with Crippen molar-refractivity contribution < 1.29 is 0 Å². The standard InChI is InChI=1S/C12H23N/c1-3-5-6-7-8-9-11-12(13)10-4-2/h2,12H,3,5-11,13H2,1H3. The number of hydrogen-bond acceptors (Lipinski definition) is 1. The minimum Gasteiger partial charge on any atom is -0.327 e. The maximum atomic E-state index is 5.78. The Morgan fingerprint density at radius 1 is 1.15 bits per heavy atom. The van der Waals surface area contributed by atoms with Crippen LogP contribution in [0.5, 0.6) is 0 Å². The third-order valence-corrected chi connectivity index (χ3v) is 2.31. The van der Waals surface area contributed by atoms with Crippen molar-refractivity contribution in [1.82, 2.24) is 0 Å². The molecule has 0 aromatic heterocycles. The van der Waals surface area contributed by atoms with Crippen molar-refractivity contribution in [2.45, 2.75) is 64.3 Å². The van der Waals surface area contributed by atoms with Crippen LogP contribution >= 0.6 is 0 Å². The van der Waals surface area contributed by atoms with E-state index in [1.807, 2.05) is 0 Å². The first-order chi connectivity index (χ1) is 6.31. The van der Waals surface area contributed by atoms with Gasteiger partial charge in [-0.1, -0.05) is 45.4 Å². The number of hydrogen-bond donors (Lipinski definition) is 1. The van der Waals surface area contributed by atoms with E-state index in [4.69, 9.17) is 12.2 Å². The highest BCUT2D eigenvalue weighted by Gasteiger charge is 1.99. The Hall–Kier alpha value is -0.480. The van der Waals surface area contributed by atoms with E-state index in [2.05, 4.69) is 12.8 Å². The molecule has 0 rings (SSSR count). The molecule has 0 saturated heterocycles. The molecule has 0 spiro atoms. The van der Waals surface area contributed by atoms with Crippen molar-refractivity contribution in [3.05, 3.63) is 0 Å². The zero-order valence-electron chi connectivity index (χ0n) is 8.89. The molecule has 1 nitrogen and oxygen atoms in total. The van der Waals surface area contributed by atoms with Crippen LogP contribution in [0.4, 0.5) is 0 Å². The highest BCUT2D eigenvalue weighted by molar-refractivity contribution is 4.88. The summed E-state index contributed by atoms with van der Waals surface area (Å²) >= 11 is 0. The van der Waals surface area contributed by atoms with Gasteiger partial charge < -0.3 is 5.73 Å². The Morgan fingerprint density at radius 3 is 2.38 bits per heavy atom. The third-order valence-electron chi connectivity index (χ3n) is 2.31. The first-order valence-corrected chi connectivity index (χ1v) is 5.50. The van der Waals surface area contributed by atoms with E-state index in [-0.39, 0.29) is 6.04 Å². The van der Waals surface area contributed by atoms with Crippen LogP contribution in [-0.4, -0.2) is 6.04 Å². The molecule has 0 aliphatic heterocycles. The molecule has 0 fully saturated rings. The molecule has 0 amide bonds. The molecular weight excluding hydrogens is 158 g/mol. The summed E-state index contributed by atoms with van der Waals surface area (Å²) in [6, 6.07) is 0.233. The van der Waals surface area contributed by atoms with Crippen molar-refractivity contribution in [2.24, 2.45) is 5.73 Å². The molecule has 1 unspecified atom stereocenters. The van der Waals surface area contributed by atoms with Gasteiger partial charge in [-0.3, -0.25) is 0 Å². The van der Waals surface area contributed by atoms with Crippen LogP contribution in [0.15, 0.2) is 0 Å². The van der Waals surface area contributed by atoms with Crippen molar-refractivity contribution >= 4 is 0 Å². The van der Waals surface area contributed by atoms with Gasteiger partial charge in [0.1, 0.15) is 0 Å². The van der Waals surface area contributed by atoms with Crippen LogP contribution in [-0.2, 0) is 0 Å². The largest absolute Gasteiger partial charge is 0.327 e. The normalized spacial score (nSPS) is 12.4. The van der Waals surface area contributed by atoms with Gasteiger partial charge in [-0.15, -0.1) is 12.3 Å². The van der Waals surface area contributed by atoms with Crippen molar-refractivity contribution in [3.8, 4) is 12.3 Å². The lowest BCUT2D eigenvalue weighted by Crippen LogP contribution is -2.18. The third kappa shape index (κ3) is 9.43. The Morgan fingerprint density at radius 2 is 1.77 bits per heavy atom. The second-order valence-corrected chi connectivity index (χ2v) is 3.72. The van der Waals surface area contributed by atoms with Crippen LogP contribution in [0, 0.1) is 12.3 Å². The van der Waals surface area contributed by atoms with Gasteiger partial charge >= 0.3 is 0 Å². The van der Waals surface area contributed by atoms with Crippen LogP contribution in [0.3, 0.4) is 0 Å². The smallest absolute Gasteiger partial charge is 0.0238 e. The predicted octanol–water partition coefficient (Wildman–Crippen LogP) is 3.09. The zero-order chi connectivity index (χ0) is 9.94. The van der Waals surface area contributed by atoms with E-state index in [1.54, 1.807) is 0 Å². The minimum absolute atomic E-state index is 0.233. The molecule has 76 valence electrons. The topological polar surface area (TPSA) is 26.0 Å². The average Bonchev–Trinajstić information content (AvgIpc) is 2.11. The molecular formula is C12H23N. The predicted molar refractivity (Wildman–Crippen MR) is 59.4 cm³/mol. The lowest BCUT2D eigenvalue weighted by Gasteiger charge is -2.06. The van der Waals surface area contributed by atoms with Gasteiger partial charge in [-0.25, -0.2) is 0 Å². The van der Waals surface area contributed by atoms with E-state index in [9.17, 15) is 0 Å². The van der Waals surface area contributed by atoms with Gasteiger partial charge in [0.15, 0.2) is 0 Å². The highest BCUT2D eigenvalue weighted by atomic mass is 14.6. The summed E-state index contributed by atoms with van der Waals surface area (Å²) in [7, 11) is 0. The molecule has 0 bridgehead atoms. The van der Waals surface area contributed by atoms with E-state index >= 15 is 0 Å². The van der Waals surface area contributed by atoms with Crippen LogP contribution in [0.2, 0.25) is 0 Å².